The molecule has 1 saturated heterocycles. The van der Waals surface area contributed by atoms with Gasteiger partial charge >= 0.3 is 5.97 Å². The molecule has 5 heteroatoms. The van der Waals surface area contributed by atoms with Gasteiger partial charge in [0.15, 0.2) is 0 Å². The van der Waals surface area contributed by atoms with Crippen molar-refractivity contribution < 1.29 is 14.7 Å². The fourth-order valence-electron chi connectivity index (χ4n) is 1.97. The largest absolute Gasteiger partial charge is 0.481 e. The smallest absolute Gasteiger partial charge is 0.303 e. The molecule has 0 saturated carbocycles. The summed E-state index contributed by atoms with van der Waals surface area (Å²) >= 11 is 0. The van der Waals surface area contributed by atoms with Crippen LogP contribution >= 0.6 is 0 Å². The number of nitrogens with zero attached hydrogens (tertiary/aromatic N) is 1. The van der Waals surface area contributed by atoms with Crippen molar-refractivity contribution in [1.82, 2.24) is 4.90 Å². The minimum absolute atomic E-state index is 0.0744. The van der Waals surface area contributed by atoms with Crippen molar-refractivity contribution in [1.29, 1.82) is 0 Å². The summed E-state index contributed by atoms with van der Waals surface area (Å²) in [7, 11) is 0. The van der Waals surface area contributed by atoms with E-state index in [1.807, 2.05) is 4.90 Å². The Kier molecular flexibility index (Phi) is 5.25. The van der Waals surface area contributed by atoms with Gasteiger partial charge in [0.25, 0.3) is 0 Å². The molecule has 5 nitrogen and oxygen atoms in total. The molecule has 1 rings (SSSR count). The van der Waals surface area contributed by atoms with Crippen molar-refractivity contribution in [2.45, 2.75) is 32.1 Å². The number of piperidine rings is 1. The second-order valence-corrected chi connectivity index (χ2v) is 4.31. The highest BCUT2D eigenvalue weighted by atomic mass is 16.4. The van der Waals surface area contributed by atoms with Crippen LogP contribution in [0.1, 0.15) is 32.1 Å². The van der Waals surface area contributed by atoms with Gasteiger partial charge in [-0.25, -0.2) is 0 Å². The third kappa shape index (κ3) is 4.18. The second kappa shape index (κ2) is 6.48. The average molecular weight is 228 g/mol. The lowest BCUT2D eigenvalue weighted by atomic mass is 9.97. The number of rotatable bonds is 5. The summed E-state index contributed by atoms with van der Waals surface area (Å²) in [5.41, 5.74) is 5.57. The molecule has 0 radical (unpaired) electrons. The summed E-state index contributed by atoms with van der Waals surface area (Å²) in [5.74, 6) is -0.213. The molecule has 0 unspecified atom stereocenters. The van der Waals surface area contributed by atoms with Crippen molar-refractivity contribution in [2.24, 2.45) is 11.7 Å². The summed E-state index contributed by atoms with van der Waals surface area (Å²) in [6, 6.07) is 0. The predicted octanol–water partition coefficient (Wildman–Crippen LogP) is 0.439. The first kappa shape index (κ1) is 13.0. The number of hydrogen-bond acceptors (Lipinski definition) is 3. The standard InChI is InChI=1S/C11H20N2O3/c12-8-9-4-6-13(7-5-9)10(14)2-1-3-11(15)16/h9H,1-8,12H2,(H,15,16). The zero-order valence-corrected chi connectivity index (χ0v) is 9.52. The van der Waals surface area contributed by atoms with Crippen LogP contribution in [0, 0.1) is 5.92 Å². The number of nitrogens with two attached hydrogens (primary N) is 1. The molecule has 0 aromatic heterocycles. The van der Waals surface area contributed by atoms with Gasteiger partial charge in [-0.05, 0) is 31.7 Å². The summed E-state index contributed by atoms with van der Waals surface area (Å²) in [6.07, 6.45) is 2.80. The first-order valence-electron chi connectivity index (χ1n) is 5.83. The lowest BCUT2D eigenvalue weighted by molar-refractivity contribution is -0.137. The van der Waals surface area contributed by atoms with E-state index in [9.17, 15) is 9.59 Å². The van der Waals surface area contributed by atoms with Gasteiger partial charge in [-0.2, -0.15) is 0 Å². The van der Waals surface area contributed by atoms with Crippen molar-refractivity contribution in [3.05, 3.63) is 0 Å². The highest BCUT2D eigenvalue weighted by molar-refractivity contribution is 5.77. The Morgan fingerprint density at radius 2 is 1.88 bits per heavy atom. The fourth-order valence-corrected chi connectivity index (χ4v) is 1.97. The van der Waals surface area contributed by atoms with Crippen LogP contribution in [0.3, 0.4) is 0 Å². The maximum absolute atomic E-state index is 11.7. The quantitative estimate of drug-likeness (QED) is 0.715. The molecule has 1 aliphatic rings. The monoisotopic (exact) mass is 228 g/mol. The zero-order chi connectivity index (χ0) is 12.0. The molecular weight excluding hydrogens is 208 g/mol. The Labute approximate surface area is 95.6 Å². The highest BCUT2D eigenvalue weighted by Crippen LogP contribution is 2.16. The molecule has 1 fully saturated rings. The van der Waals surface area contributed by atoms with Crippen molar-refractivity contribution in [2.75, 3.05) is 19.6 Å². The third-order valence-electron chi connectivity index (χ3n) is 3.08. The molecule has 3 N–H and O–H groups in total. The lowest BCUT2D eigenvalue weighted by Crippen LogP contribution is -2.39. The van der Waals surface area contributed by atoms with Crippen molar-refractivity contribution in [3.8, 4) is 0 Å². The van der Waals surface area contributed by atoms with Gasteiger partial charge in [0.1, 0.15) is 0 Å². The number of likely N-dealkylation sites (tertiary alicyclic amines) is 1. The van der Waals surface area contributed by atoms with Crippen LogP contribution in [0.15, 0.2) is 0 Å². The molecule has 0 aromatic rings. The molecule has 0 aliphatic carbocycles. The normalized spacial score (nSPS) is 17.4. The molecule has 0 bridgehead atoms. The van der Waals surface area contributed by atoms with Gasteiger partial charge in [0, 0.05) is 25.9 Å². The van der Waals surface area contributed by atoms with Gasteiger partial charge < -0.3 is 15.7 Å². The molecule has 92 valence electrons. The third-order valence-corrected chi connectivity index (χ3v) is 3.08. The number of carboxylic acid groups (broad SMARTS) is 1. The molecule has 1 heterocycles. The van der Waals surface area contributed by atoms with E-state index in [4.69, 9.17) is 10.8 Å². The van der Waals surface area contributed by atoms with E-state index < -0.39 is 5.97 Å². The Bertz CT molecular complexity index is 248. The molecule has 1 amide bonds. The summed E-state index contributed by atoms with van der Waals surface area (Å²) in [5, 5.41) is 8.46. The van der Waals surface area contributed by atoms with Crippen LogP contribution in [0.25, 0.3) is 0 Å². The minimum atomic E-state index is -0.838. The van der Waals surface area contributed by atoms with E-state index >= 15 is 0 Å². The molecular formula is C11H20N2O3. The molecule has 0 aromatic carbocycles. The van der Waals surface area contributed by atoms with Gasteiger partial charge in [-0.15, -0.1) is 0 Å². The SMILES string of the molecule is NCC1CCN(C(=O)CCCC(=O)O)CC1. The number of carboxylic acids is 1. The van der Waals surface area contributed by atoms with Gasteiger partial charge in [-0.1, -0.05) is 0 Å². The number of amides is 1. The van der Waals surface area contributed by atoms with E-state index in [1.54, 1.807) is 0 Å². The van der Waals surface area contributed by atoms with E-state index in [-0.39, 0.29) is 12.3 Å². The summed E-state index contributed by atoms with van der Waals surface area (Å²) < 4.78 is 0. The van der Waals surface area contributed by atoms with E-state index in [0.29, 0.717) is 25.3 Å². The van der Waals surface area contributed by atoms with Crippen LogP contribution in [0.5, 0.6) is 0 Å². The first-order chi connectivity index (χ1) is 7.63. The highest BCUT2D eigenvalue weighted by Gasteiger charge is 2.21. The van der Waals surface area contributed by atoms with Crippen molar-refractivity contribution >= 4 is 11.9 Å². The predicted molar refractivity (Wildman–Crippen MR) is 59.8 cm³/mol. The van der Waals surface area contributed by atoms with Gasteiger partial charge in [0.2, 0.25) is 5.91 Å². The van der Waals surface area contributed by atoms with E-state index in [1.165, 1.54) is 0 Å². The number of carbonyl (C=O) groups excluding carboxylic acids is 1. The van der Waals surface area contributed by atoms with Crippen LogP contribution in [-0.4, -0.2) is 41.5 Å². The second-order valence-electron chi connectivity index (χ2n) is 4.31. The maximum atomic E-state index is 11.7. The molecule has 0 atom stereocenters. The van der Waals surface area contributed by atoms with Crippen LogP contribution in [-0.2, 0) is 9.59 Å². The Balaban J connectivity index is 2.20. The van der Waals surface area contributed by atoms with Crippen LogP contribution in [0.2, 0.25) is 0 Å². The molecule has 1 aliphatic heterocycles. The van der Waals surface area contributed by atoms with Crippen LogP contribution in [0.4, 0.5) is 0 Å². The van der Waals surface area contributed by atoms with Gasteiger partial charge in [0.05, 0.1) is 0 Å². The van der Waals surface area contributed by atoms with E-state index in [2.05, 4.69) is 0 Å². The van der Waals surface area contributed by atoms with Crippen LogP contribution < -0.4 is 5.73 Å². The minimum Gasteiger partial charge on any atom is -0.481 e. The molecule has 0 spiro atoms. The van der Waals surface area contributed by atoms with Gasteiger partial charge in [-0.3, -0.25) is 9.59 Å². The Morgan fingerprint density at radius 3 is 2.38 bits per heavy atom. The summed E-state index contributed by atoms with van der Waals surface area (Å²) in [4.78, 5) is 23.8. The Hall–Kier alpha value is -1.10. The zero-order valence-electron chi connectivity index (χ0n) is 9.52. The first-order valence-corrected chi connectivity index (χ1v) is 5.83. The number of carbonyl (C=O) groups is 2. The topological polar surface area (TPSA) is 83.6 Å². The average Bonchev–Trinajstić information content (AvgIpc) is 2.28. The summed E-state index contributed by atoms with van der Waals surface area (Å²) in [6.45, 7) is 2.24. The number of aliphatic carboxylic acids is 1. The lowest BCUT2D eigenvalue weighted by Gasteiger charge is -2.31. The molecule has 16 heavy (non-hydrogen) atoms. The maximum Gasteiger partial charge on any atom is 0.303 e. The van der Waals surface area contributed by atoms with E-state index in [0.717, 1.165) is 25.9 Å². The Morgan fingerprint density at radius 1 is 1.25 bits per heavy atom. The number of hydrogen-bond donors (Lipinski definition) is 2. The fraction of sp³-hybridized carbons (Fsp3) is 0.818. The van der Waals surface area contributed by atoms with Crippen molar-refractivity contribution in [3.63, 3.8) is 0 Å².